The van der Waals surface area contributed by atoms with Crippen LogP contribution in [0, 0.1) is 13.8 Å². The molecule has 0 bridgehead atoms. The van der Waals surface area contributed by atoms with E-state index < -0.39 is 0 Å². The number of carbonyl (C=O) groups excluding carboxylic acids is 1. The van der Waals surface area contributed by atoms with E-state index >= 15 is 0 Å². The largest absolute Gasteiger partial charge is 0.336 e. The molecule has 17 heavy (non-hydrogen) atoms. The Morgan fingerprint density at radius 1 is 1.53 bits per heavy atom. The van der Waals surface area contributed by atoms with Gasteiger partial charge in [0.25, 0.3) is 5.91 Å². The number of aromatic nitrogens is 2. The van der Waals surface area contributed by atoms with Crippen LogP contribution in [-0.4, -0.2) is 46.5 Å². The van der Waals surface area contributed by atoms with Crippen LogP contribution in [-0.2, 0) is 0 Å². The zero-order chi connectivity index (χ0) is 12.4. The van der Waals surface area contributed by atoms with Crippen LogP contribution in [0.15, 0.2) is 6.20 Å². The summed E-state index contributed by atoms with van der Waals surface area (Å²) < 4.78 is 0. The monoisotopic (exact) mass is 234 g/mol. The molecule has 1 aliphatic heterocycles. The van der Waals surface area contributed by atoms with E-state index in [0.717, 1.165) is 25.3 Å². The highest BCUT2D eigenvalue weighted by molar-refractivity contribution is 5.95. The average molecular weight is 234 g/mol. The predicted molar refractivity (Wildman–Crippen MR) is 64.9 cm³/mol. The maximum absolute atomic E-state index is 12.3. The topological polar surface area (TPSA) is 58.1 Å². The summed E-state index contributed by atoms with van der Waals surface area (Å²) in [5, 5.41) is 3.32. The van der Waals surface area contributed by atoms with Crippen LogP contribution >= 0.6 is 0 Å². The van der Waals surface area contributed by atoms with Crippen molar-refractivity contribution in [1.82, 2.24) is 20.2 Å². The van der Waals surface area contributed by atoms with Gasteiger partial charge in [0.2, 0.25) is 0 Å². The van der Waals surface area contributed by atoms with Crippen LogP contribution in [0.5, 0.6) is 0 Å². The van der Waals surface area contributed by atoms with E-state index in [0.29, 0.717) is 17.4 Å². The van der Waals surface area contributed by atoms with Gasteiger partial charge in [-0.15, -0.1) is 0 Å². The zero-order valence-corrected chi connectivity index (χ0v) is 10.5. The van der Waals surface area contributed by atoms with Crippen LogP contribution in [0.2, 0.25) is 0 Å². The molecule has 0 saturated carbocycles. The van der Waals surface area contributed by atoms with Crippen molar-refractivity contribution in [2.45, 2.75) is 26.8 Å². The minimum atomic E-state index is 0.0378. The molecule has 0 radical (unpaired) electrons. The van der Waals surface area contributed by atoms with Gasteiger partial charge in [-0.25, -0.2) is 9.97 Å². The van der Waals surface area contributed by atoms with E-state index in [2.05, 4.69) is 22.2 Å². The molecule has 1 amide bonds. The second kappa shape index (κ2) is 4.79. The molecule has 0 aliphatic carbocycles. The van der Waals surface area contributed by atoms with Crippen LogP contribution in [0.25, 0.3) is 0 Å². The Balaban J connectivity index is 2.18. The van der Waals surface area contributed by atoms with Crippen LogP contribution in [0.4, 0.5) is 0 Å². The fourth-order valence-electron chi connectivity index (χ4n) is 2.08. The van der Waals surface area contributed by atoms with Gasteiger partial charge in [-0.1, -0.05) is 0 Å². The number of piperazine rings is 1. The Bertz CT molecular complexity index is 433. The Hall–Kier alpha value is -1.49. The van der Waals surface area contributed by atoms with Gasteiger partial charge in [-0.2, -0.15) is 0 Å². The zero-order valence-electron chi connectivity index (χ0n) is 10.5. The molecule has 0 aromatic carbocycles. The number of nitrogens with one attached hydrogen (secondary N) is 1. The lowest BCUT2D eigenvalue weighted by Gasteiger charge is -2.32. The standard InChI is InChI=1S/C12H18N4O/c1-8-7-16(5-4-13-8)12(17)11-6-14-10(3)15-9(11)2/h6,8,13H,4-5,7H2,1-3H3/t8-/m1/s1. The summed E-state index contributed by atoms with van der Waals surface area (Å²) in [7, 11) is 0. The summed E-state index contributed by atoms with van der Waals surface area (Å²) in [5.41, 5.74) is 1.37. The Kier molecular flexibility index (Phi) is 3.38. The van der Waals surface area contributed by atoms with Crippen molar-refractivity contribution in [1.29, 1.82) is 0 Å². The Morgan fingerprint density at radius 3 is 2.94 bits per heavy atom. The summed E-state index contributed by atoms with van der Waals surface area (Å²) >= 11 is 0. The van der Waals surface area contributed by atoms with Crippen molar-refractivity contribution >= 4 is 5.91 Å². The summed E-state index contributed by atoms with van der Waals surface area (Å²) in [6.45, 7) is 8.10. The van der Waals surface area contributed by atoms with Crippen molar-refractivity contribution < 1.29 is 4.79 Å². The van der Waals surface area contributed by atoms with E-state index in [9.17, 15) is 4.79 Å². The molecule has 1 aromatic heterocycles. The van der Waals surface area contributed by atoms with E-state index in [1.54, 1.807) is 6.20 Å². The normalized spacial score (nSPS) is 20.4. The second-order valence-electron chi connectivity index (χ2n) is 4.52. The first-order valence-electron chi connectivity index (χ1n) is 5.91. The van der Waals surface area contributed by atoms with Gasteiger partial charge >= 0.3 is 0 Å². The lowest BCUT2D eigenvalue weighted by molar-refractivity contribution is 0.0707. The minimum Gasteiger partial charge on any atom is -0.336 e. The van der Waals surface area contributed by atoms with E-state index in [-0.39, 0.29) is 5.91 Å². The molecule has 1 atom stereocenters. The summed E-state index contributed by atoms with van der Waals surface area (Å²) in [6, 6.07) is 0.347. The maximum Gasteiger partial charge on any atom is 0.257 e. The summed E-state index contributed by atoms with van der Waals surface area (Å²) in [4.78, 5) is 22.5. The molecule has 1 saturated heterocycles. The highest BCUT2D eigenvalue weighted by Gasteiger charge is 2.23. The smallest absolute Gasteiger partial charge is 0.257 e. The van der Waals surface area contributed by atoms with Crippen LogP contribution in [0.1, 0.15) is 28.8 Å². The van der Waals surface area contributed by atoms with E-state index in [1.807, 2.05) is 18.7 Å². The van der Waals surface area contributed by atoms with E-state index in [1.165, 1.54) is 0 Å². The molecule has 1 N–H and O–H groups in total. The number of rotatable bonds is 1. The quantitative estimate of drug-likeness (QED) is 0.770. The molecule has 1 fully saturated rings. The van der Waals surface area contributed by atoms with Crippen molar-refractivity contribution in [3.63, 3.8) is 0 Å². The fraction of sp³-hybridized carbons (Fsp3) is 0.583. The summed E-state index contributed by atoms with van der Waals surface area (Å²) in [5.74, 6) is 0.739. The molecule has 92 valence electrons. The van der Waals surface area contributed by atoms with Crippen LogP contribution < -0.4 is 5.32 Å². The van der Waals surface area contributed by atoms with Crippen molar-refractivity contribution in [3.05, 3.63) is 23.3 Å². The third kappa shape index (κ3) is 2.61. The van der Waals surface area contributed by atoms with Crippen molar-refractivity contribution in [2.75, 3.05) is 19.6 Å². The molecule has 2 rings (SSSR count). The average Bonchev–Trinajstić information content (AvgIpc) is 2.28. The molecule has 1 aromatic rings. The Labute approximate surface area is 101 Å². The number of nitrogens with zero attached hydrogens (tertiary/aromatic N) is 3. The number of carbonyl (C=O) groups is 1. The molecule has 0 unspecified atom stereocenters. The fourth-order valence-corrected chi connectivity index (χ4v) is 2.08. The predicted octanol–water partition coefficient (Wildman–Crippen LogP) is 0.527. The van der Waals surface area contributed by atoms with Gasteiger partial charge in [0.15, 0.2) is 0 Å². The lowest BCUT2D eigenvalue weighted by atomic mass is 10.1. The molecular formula is C12H18N4O. The highest BCUT2D eigenvalue weighted by atomic mass is 16.2. The van der Waals surface area contributed by atoms with Crippen molar-refractivity contribution in [2.24, 2.45) is 0 Å². The Morgan fingerprint density at radius 2 is 2.29 bits per heavy atom. The van der Waals surface area contributed by atoms with Gasteiger partial charge in [-0.05, 0) is 20.8 Å². The summed E-state index contributed by atoms with van der Waals surface area (Å²) in [6.07, 6.45) is 1.63. The third-order valence-electron chi connectivity index (χ3n) is 2.99. The number of hydrogen-bond acceptors (Lipinski definition) is 4. The minimum absolute atomic E-state index is 0.0378. The van der Waals surface area contributed by atoms with Gasteiger partial charge in [0.05, 0.1) is 11.3 Å². The molecule has 1 aliphatic rings. The van der Waals surface area contributed by atoms with Gasteiger partial charge in [0.1, 0.15) is 5.82 Å². The SMILES string of the molecule is Cc1ncc(C(=O)N2CCN[C@H](C)C2)c(C)n1. The van der Waals surface area contributed by atoms with Gasteiger partial charge < -0.3 is 10.2 Å². The van der Waals surface area contributed by atoms with E-state index in [4.69, 9.17) is 0 Å². The lowest BCUT2D eigenvalue weighted by Crippen LogP contribution is -2.51. The first-order valence-corrected chi connectivity index (χ1v) is 5.91. The number of amides is 1. The number of hydrogen-bond donors (Lipinski definition) is 1. The second-order valence-corrected chi connectivity index (χ2v) is 4.52. The molecule has 5 heteroatoms. The van der Waals surface area contributed by atoms with Crippen LogP contribution in [0.3, 0.4) is 0 Å². The van der Waals surface area contributed by atoms with Crippen molar-refractivity contribution in [3.8, 4) is 0 Å². The van der Waals surface area contributed by atoms with Gasteiger partial charge in [0, 0.05) is 31.9 Å². The molecular weight excluding hydrogens is 216 g/mol. The molecule has 5 nitrogen and oxygen atoms in total. The maximum atomic E-state index is 12.3. The first-order chi connectivity index (χ1) is 8.08. The molecule has 2 heterocycles. The van der Waals surface area contributed by atoms with Gasteiger partial charge in [-0.3, -0.25) is 4.79 Å². The third-order valence-corrected chi connectivity index (χ3v) is 2.99. The molecule has 0 spiro atoms. The first kappa shape index (κ1) is 12.0. The highest BCUT2D eigenvalue weighted by Crippen LogP contribution is 2.10. The number of aryl methyl sites for hydroxylation is 2.